The Balaban J connectivity index is 1.36. The van der Waals surface area contributed by atoms with E-state index in [2.05, 4.69) is 21.7 Å². The first kappa shape index (κ1) is 17.3. The molecule has 8 heteroatoms. The number of hydrogen-bond donors (Lipinski definition) is 0. The molecule has 1 saturated heterocycles. The van der Waals surface area contributed by atoms with E-state index in [0.717, 1.165) is 29.9 Å². The summed E-state index contributed by atoms with van der Waals surface area (Å²) in [6.07, 6.45) is 3.86. The van der Waals surface area contributed by atoms with E-state index in [1.54, 1.807) is 4.90 Å². The quantitative estimate of drug-likeness (QED) is 0.547. The Morgan fingerprint density at radius 3 is 2.85 bits per heavy atom. The molecule has 138 valence electrons. The van der Waals surface area contributed by atoms with Gasteiger partial charge in [0.25, 0.3) is 5.22 Å². The fraction of sp³-hybridized carbons (Fsp3) is 0.556. The Morgan fingerprint density at radius 2 is 2.15 bits per heavy atom. The summed E-state index contributed by atoms with van der Waals surface area (Å²) in [6.45, 7) is 5.15. The molecule has 7 nitrogen and oxygen atoms in total. The number of hydrogen-bond acceptors (Lipinski definition) is 6. The molecule has 1 saturated carbocycles. The number of amides is 1. The van der Waals surface area contributed by atoms with Crippen molar-refractivity contribution in [2.24, 2.45) is 0 Å². The molecule has 3 heterocycles. The monoisotopic (exact) mass is 374 g/mol. The number of ketones is 1. The molecule has 4 rings (SSSR count). The lowest BCUT2D eigenvalue weighted by Gasteiger charge is -2.11. The van der Waals surface area contributed by atoms with Crippen LogP contribution in [0.4, 0.5) is 0 Å². The first-order valence-electron chi connectivity index (χ1n) is 8.97. The number of nitrogens with zero attached hydrogens (tertiary/aromatic N) is 4. The average molecular weight is 374 g/mol. The Bertz CT molecular complexity index is 853. The number of carbonyl (C=O) groups excluding carboxylic acids is 2. The zero-order chi connectivity index (χ0) is 18.3. The highest BCUT2D eigenvalue weighted by molar-refractivity contribution is 7.99. The summed E-state index contributed by atoms with van der Waals surface area (Å²) in [7, 11) is 0. The van der Waals surface area contributed by atoms with Crippen LogP contribution in [0.1, 0.15) is 59.4 Å². The summed E-state index contributed by atoms with van der Waals surface area (Å²) in [5, 5.41) is 8.34. The van der Waals surface area contributed by atoms with Crippen LogP contribution in [0.25, 0.3) is 0 Å². The van der Waals surface area contributed by atoms with Crippen molar-refractivity contribution in [2.45, 2.75) is 57.3 Å². The van der Waals surface area contributed by atoms with Crippen LogP contribution in [0.2, 0.25) is 0 Å². The molecular formula is C18H22N4O3S. The predicted octanol–water partition coefficient (Wildman–Crippen LogP) is 2.92. The second-order valence-corrected chi connectivity index (χ2v) is 7.90. The molecule has 1 amide bonds. The van der Waals surface area contributed by atoms with Crippen molar-refractivity contribution in [2.75, 3.05) is 12.3 Å². The smallest absolute Gasteiger partial charge is 0.277 e. The third-order valence-electron chi connectivity index (χ3n) is 4.97. The van der Waals surface area contributed by atoms with Gasteiger partial charge in [-0.1, -0.05) is 11.8 Å². The first-order valence-corrected chi connectivity index (χ1v) is 9.96. The summed E-state index contributed by atoms with van der Waals surface area (Å²) in [5.41, 5.74) is 2.98. The van der Waals surface area contributed by atoms with E-state index in [0.29, 0.717) is 30.1 Å². The van der Waals surface area contributed by atoms with Gasteiger partial charge in [-0.3, -0.25) is 9.59 Å². The first-order chi connectivity index (χ1) is 12.5. The molecule has 26 heavy (non-hydrogen) atoms. The van der Waals surface area contributed by atoms with E-state index in [1.165, 1.54) is 24.6 Å². The molecule has 0 aromatic carbocycles. The van der Waals surface area contributed by atoms with E-state index < -0.39 is 0 Å². The van der Waals surface area contributed by atoms with Crippen LogP contribution in [-0.2, 0) is 11.3 Å². The maximum Gasteiger partial charge on any atom is 0.277 e. The Hall–Kier alpha value is -2.09. The molecule has 0 bridgehead atoms. The fourth-order valence-corrected chi connectivity index (χ4v) is 4.22. The van der Waals surface area contributed by atoms with E-state index in [1.807, 2.05) is 13.0 Å². The van der Waals surface area contributed by atoms with Crippen LogP contribution in [0.5, 0.6) is 0 Å². The number of likely N-dealkylation sites (tertiary alicyclic amines) is 1. The third kappa shape index (κ3) is 3.42. The topological polar surface area (TPSA) is 81.2 Å². The lowest BCUT2D eigenvalue weighted by atomic mass is 10.2. The molecule has 0 radical (unpaired) electrons. The summed E-state index contributed by atoms with van der Waals surface area (Å²) in [5.74, 6) is 0.879. The maximum absolute atomic E-state index is 12.6. The van der Waals surface area contributed by atoms with Gasteiger partial charge in [0.15, 0.2) is 5.78 Å². The molecule has 2 aromatic heterocycles. The van der Waals surface area contributed by atoms with Gasteiger partial charge in [-0.25, -0.2) is 0 Å². The number of rotatable bonds is 7. The number of aryl methyl sites for hydroxylation is 1. The number of carbonyl (C=O) groups is 2. The van der Waals surface area contributed by atoms with Crippen LogP contribution in [0.3, 0.4) is 0 Å². The average Bonchev–Trinajstić information content (AvgIpc) is 3.07. The largest absolute Gasteiger partial charge is 0.414 e. The van der Waals surface area contributed by atoms with Crippen LogP contribution in [0.15, 0.2) is 15.7 Å². The van der Waals surface area contributed by atoms with Crippen LogP contribution in [-0.4, -0.2) is 43.7 Å². The summed E-state index contributed by atoms with van der Waals surface area (Å²) in [4.78, 5) is 26.0. The Labute approximate surface area is 156 Å². The van der Waals surface area contributed by atoms with Gasteiger partial charge in [0.2, 0.25) is 11.8 Å². The summed E-state index contributed by atoms with van der Waals surface area (Å²) < 4.78 is 7.85. The summed E-state index contributed by atoms with van der Waals surface area (Å²) in [6, 6.07) is 2.55. The van der Waals surface area contributed by atoms with Gasteiger partial charge in [-0.2, -0.15) is 0 Å². The fourth-order valence-electron chi connectivity index (χ4n) is 3.55. The van der Waals surface area contributed by atoms with Crippen molar-refractivity contribution in [1.82, 2.24) is 19.7 Å². The van der Waals surface area contributed by atoms with Crippen molar-refractivity contribution in [3.05, 3.63) is 28.9 Å². The Morgan fingerprint density at radius 1 is 1.35 bits per heavy atom. The third-order valence-corrected chi connectivity index (χ3v) is 5.79. The molecular weight excluding hydrogens is 352 g/mol. The van der Waals surface area contributed by atoms with E-state index in [-0.39, 0.29) is 17.4 Å². The minimum atomic E-state index is 0.0736. The second kappa shape index (κ2) is 6.90. The number of aromatic nitrogens is 3. The predicted molar refractivity (Wildman–Crippen MR) is 96.2 cm³/mol. The SMILES string of the molecule is Cc1cc(C(=O)CSc2nnc(CN3CCCC3=O)o2)c(C)n1C1CC1. The molecule has 1 aliphatic carbocycles. The van der Waals surface area contributed by atoms with Gasteiger partial charge in [0.05, 0.1) is 12.3 Å². The lowest BCUT2D eigenvalue weighted by molar-refractivity contribution is -0.128. The van der Waals surface area contributed by atoms with Crippen molar-refractivity contribution in [3.63, 3.8) is 0 Å². The number of Topliss-reactive ketones (excluding diaryl/α,β-unsaturated/α-hetero) is 1. The molecule has 1 aliphatic heterocycles. The van der Waals surface area contributed by atoms with E-state index in [9.17, 15) is 9.59 Å². The zero-order valence-corrected chi connectivity index (χ0v) is 15.8. The standard InChI is InChI=1S/C18H22N4O3S/c1-11-8-14(12(2)22(11)13-5-6-13)15(23)10-26-18-20-19-16(25-18)9-21-7-3-4-17(21)24/h8,13H,3-7,9-10H2,1-2H3. The van der Waals surface area contributed by atoms with Crippen LogP contribution >= 0.6 is 11.8 Å². The minimum absolute atomic E-state index is 0.0736. The molecule has 0 atom stereocenters. The molecule has 0 N–H and O–H groups in total. The van der Waals surface area contributed by atoms with Crippen molar-refractivity contribution in [3.8, 4) is 0 Å². The molecule has 2 aromatic rings. The van der Waals surface area contributed by atoms with E-state index >= 15 is 0 Å². The highest BCUT2D eigenvalue weighted by Gasteiger charge is 2.28. The van der Waals surface area contributed by atoms with Gasteiger partial charge in [-0.05, 0) is 39.2 Å². The summed E-state index contributed by atoms with van der Waals surface area (Å²) >= 11 is 1.25. The van der Waals surface area contributed by atoms with Gasteiger partial charge in [0, 0.05) is 36.0 Å². The second-order valence-electron chi connectivity index (χ2n) is 6.98. The van der Waals surface area contributed by atoms with Crippen LogP contribution in [0, 0.1) is 13.8 Å². The molecule has 0 unspecified atom stereocenters. The van der Waals surface area contributed by atoms with Crippen LogP contribution < -0.4 is 0 Å². The zero-order valence-electron chi connectivity index (χ0n) is 15.0. The molecule has 2 fully saturated rings. The van der Waals surface area contributed by atoms with E-state index in [4.69, 9.17) is 4.42 Å². The molecule has 0 spiro atoms. The van der Waals surface area contributed by atoms with Gasteiger partial charge >= 0.3 is 0 Å². The normalized spacial score (nSPS) is 17.3. The maximum atomic E-state index is 12.6. The molecule has 2 aliphatic rings. The van der Waals surface area contributed by atoms with Crippen molar-refractivity contribution in [1.29, 1.82) is 0 Å². The van der Waals surface area contributed by atoms with Gasteiger partial charge in [-0.15, -0.1) is 10.2 Å². The van der Waals surface area contributed by atoms with Gasteiger partial charge < -0.3 is 13.9 Å². The minimum Gasteiger partial charge on any atom is -0.414 e. The van der Waals surface area contributed by atoms with Gasteiger partial charge in [0.1, 0.15) is 0 Å². The lowest BCUT2D eigenvalue weighted by Crippen LogP contribution is -2.23. The number of thioether (sulfide) groups is 1. The van der Waals surface area contributed by atoms with Crippen molar-refractivity contribution >= 4 is 23.5 Å². The highest BCUT2D eigenvalue weighted by Crippen LogP contribution is 2.38. The van der Waals surface area contributed by atoms with Crippen molar-refractivity contribution < 1.29 is 14.0 Å². The highest BCUT2D eigenvalue weighted by atomic mass is 32.2. The Kier molecular flexibility index (Phi) is 4.60.